The Morgan fingerprint density at radius 3 is 1.06 bits per heavy atom. The average Bonchev–Trinajstić information content (AvgIpc) is 0.742. The number of esters is 4. The van der Waals surface area contributed by atoms with Crippen LogP contribution >= 0.6 is 0 Å². The predicted molar refractivity (Wildman–Crippen MR) is 390 cm³/mol. The molecule has 17 nitrogen and oxygen atoms in total. The minimum atomic E-state index is -6.00. The van der Waals surface area contributed by atoms with E-state index in [2.05, 4.69) is 202 Å². The van der Waals surface area contributed by atoms with Crippen LogP contribution in [0.15, 0.2) is 185 Å². The molecule has 22 heteroatoms. The second-order valence-electron chi connectivity index (χ2n) is 29.7. The van der Waals surface area contributed by atoms with Crippen molar-refractivity contribution in [2.45, 2.75) is 209 Å². The van der Waals surface area contributed by atoms with E-state index in [1.165, 1.54) is 107 Å². The van der Waals surface area contributed by atoms with Crippen LogP contribution < -0.4 is 9.47 Å². The van der Waals surface area contributed by atoms with Crippen LogP contribution in [-0.4, -0.2) is 90.8 Å². The molecule has 0 spiro atoms. The first-order valence-electron chi connectivity index (χ1n) is 36.0. The van der Waals surface area contributed by atoms with Crippen molar-refractivity contribution in [2.75, 3.05) is 26.4 Å². The Kier molecular flexibility index (Phi) is 25.3. The molecular weight excluding hydrogens is 1380 g/mol. The Hall–Kier alpha value is -8.15. The number of azo groups is 1. The lowest BCUT2D eigenvalue weighted by Gasteiger charge is -2.59. The van der Waals surface area contributed by atoms with Gasteiger partial charge in [-0.1, -0.05) is 72.8 Å². The fraction of sp³-hybridized carbons (Fsp3) is 0.488. The standard InChI is InChI=1S/2C33H37O3S.C16H22F2N4O7S/c2*1-22-14-30(37(28-10-6-4-7-11-28)29-12-8-5-9-13-29)15-23(2)32(22)35-21-31(34)36-33(3)26-17-24-16-25(19-26)20-27(33)18-24;1-4-28-12(23)5-7-14(2,9-19)21-22-15(3,10-20)8-6-13(24)29-11-16(17,18)30(25,26)27/h2*4-15,24-27H,16-21H2,1-3H3;4-8,11H2,1-3H3,(H,25,26,27)/q2*+1;/p-1. The van der Waals surface area contributed by atoms with Crippen LogP contribution in [0.4, 0.5) is 8.78 Å². The number of halogens is 2. The van der Waals surface area contributed by atoms with Crippen molar-refractivity contribution in [3.8, 4) is 23.6 Å². The van der Waals surface area contributed by atoms with Crippen LogP contribution in [0.2, 0.25) is 0 Å². The van der Waals surface area contributed by atoms with Crippen molar-refractivity contribution in [3.05, 3.63) is 168 Å². The molecular formula is C82H95F2N4O13S3+. The molecule has 0 saturated heterocycles. The molecule has 0 heterocycles. The van der Waals surface area contributed by atoms with Crippen LogP contribution in [0.5, 0.6) is 11.5 Å². The third-order valence-electron chi connectivity index (χ3n) is 21.8. The number of carbonyl (C=O) groups is 4. The fourth-order valence-corrected chi connectivity index (χ4v) is 21.4. The first-order chi connectivity index (χ1) is 49.4. The van der Waals surface area contributed by atoms with Crippen molar-refractivity contribution in [3.63, 3.8) is 0 Å². The van der Waals surface area contributed by atoms with Gasteiger partial charge in [-0.05, 0) is 257 Å². The molecule has 14 rings (SSSR count). The molecule has 104 heavy (non-hydrogen) atoms. The topological polar surface area (TPSA) is 253 Å². The maximum atomic E-state index is 13.0. The second kappa shape index (κ2) is 33.5. The van der Waals surface area contributed by atoms with Gasteiger partial charge in [0.2, 0.25) is 0 Å². The number of ether oxygens (including phenoxy) is 6. The summed E-state index contributed by atoms with van der Waals surface area (Å²) in [6, 6.07) is 55.1. The van der Waals surface area contributed by atoms with E-state index in [9.17, 15) is 51.5 Å². The Morgan fingerprint density at radius 1 is 0.500 bits per heavy atom. The third-order valence-corrected chi connectivity index (χ3v) is 27.0. The van der Waals surface area contributed by atoms with E-state index in [1.807, 2.05) is 6.07 Å². The summed E-state index contributed by atoms with van der Waals surface area (Å²) in [6.07, 6.45) is 11.4. The molecule has 0 N–H and O–H groups in total. The molecule has 0 aromatic heterocycles. The maximum absolute atomic E-state index is 13.0. The average molecular weight is 1480 g/mol. The summed E-state index contributed by atoms with van der Waals surface area (Å²) in [5, 5.41) is 21.3. The molecule has 0 aliphatic heterocycles. The maximum Gasteiger partial charge on any atom is 0.367 e. The minimum Gasteiger partial charge on any atom is -0.743 e. The van der Waals surface area contributed by atoms with Gasteiger partial charge < -0.3 is 33.0 Å². The summed E-state index contributed by atoms with van der Waals surface area (Å²) in [7, 11) is -6.43. The molecule has 552 valence electrons. The normalized spacial score (nSPS) is 24.5. The van der Waals surface area contributed by atoms with Gasteiger partial charge in [-0.2, -0.15) is 29.5 Å². The molecule has 6 aromatic rings. The number of nitrogens with zero attached hydrogens (tertiary/aromatic N) is 4. The number of aryl methyl sites for hydroxylation is 4. The third kappa shape index (κ3) is 18.9. The van der Waals surface area contributed by atoms with Crippen molar-refractivity contribution in [1.82, 2.24) is 0 Å². The first-order valence-corrected chi connectivity index (χ1v) is 39.8. The van der Waals surface area contributed by atoms with E-state index in [0.29, 0.717) is 23.7 Å². The molecule has 2 unspecified atom stereocenters. The Morgan fingerprint density at radius 2 is 0.788 bits per heavy atom. The molecule has 8 aliphatic carbocycles. The van der Waals surface area contributed by atoms with Crippen LogP contribution in [-0.2, 0) is 70.0 Å². The van der Waals surface area contributed by atoms with Crippen LogP contribution in [0.3, 0.4) is 0 Å². The molecule has 6 aromatic carbocycles. The zero-order valence-electron chi connectivity index (χ0n) is 60.8. The SMILES string of the molecule is CCOC(=O)CCC(C)(C#N)N=NC(C)(C#N)CCC(=O)OCC(F)(F)S(=O)(=O)[O-].Cc1cc([S+](c2ccccc2)c2ccccc2)cc(C)c1OCC(=O)OC1(C)C2CC3CC(C2)CC1C3.Cc1cc([S+](c2ccccc2)c2ccccc2)cc(C)c1OCC(=O)OC1(C)C2CC3CC(C2)CC1C3. The molecule has 2 atom stereocenters. The molecule has 8 fully saturated rings. The first kappa shape index (κ1) is 78.4. The highest BCUT2D eigenvalue weighted by atomic mass is 32.2. The van der Waals surface area contributed by atoms with E-state index in [4.69, 9.17) is 23.7 Å². The van der Waals surface area contributed by atoms with Gasteiger partial charge >= 0.3 is 29.1 Å². The molecule has 8 aliphatic rings. The van der Waals surface area contributed by atoms with Gasteiger partial charge in [0, 0.05) is 37.1 Å². The summed E-state index contributed by atoms with van der Waals surface area (Å²) in [4.78, 5) is 56.7. The Balaban J connectivity index is 0.000000169. The summed E-state index contributed by atoms with van der Waals surface area (Å²) < 4.78 is 90.6. The van der Waals surface area contributed by atoms with Crippen molar-refractivity contribution >= 4 is 55.8 Å². The highest BCUT2D eigenvalue weighted by Crippen LogP contribution is 2.61. The quantitative estimate of drug-likeness (QED) is 0.0161. The van der Waals surface area contributed by atoms with E-state index in [1.54, 1.807) is 13.0 Å². The lowest BCUT2D eigenvalue weighted by Crippen LogP contribution is -2.58. The Bertz CT molecular complexity index is 3870. The van der Waals surface area contributed by atoms with E-state index in [0.717, 1.165) is 57.4 Å². The highest BCUT2D eigenvalue weighted by molar-refractivity contribution is 7.97. The minimum absolute atomic E-state index is 0.0357. The van der Waals surface area contributed by atoms with E-state index in [-0.39, 0.29) is 84.0 Å². The smallest absolute Gasteiger partial charge is 0.367 e. The lowest BCUT2D eigenvalue weighted by molar-refractivity contribution is -0.205. The van der Waals surface area contributed by atoms with Crippen LogP contribution in [0, 0.1) is 97.7 Å². The number of rotatable bonds is 26. The zero-order chi connectivity index (χ0) is 74.8. The van der Waals surface area contributed by atoms with Crippen LogP contribution in [0.1, 0.15) is 147 Å². The van der Waals surface area contributed by atoms with Gasteiger partial charge in [-0.25, -0.2) is 18.0 Å². The van der Waals surface area contributed by atoms with Gasteiger partial charge in [0.05, 0.1) is 40.5 Å². The van der Waals surface area contributed by atoms with E-state index >= 15 is 0 Å². The highest BCUT2D eigenvalue weighted by Gasteiger charge is 2.58. The molecule has 0 radical (unpaired) electrons. The summed E-state index contributed by atoms with van der Waals surface area (Å²) in [5.41, 5.74) is 0.453. The second-order valence-corrected chi connectivity index (χ2v) is 35.2. The summed E-state index contributed by atoms with van der Waals surface area (Å²) >= 11 is 0. The number of nitriles is 2. The molecule has 0 amide bonds. The fourth-order valence-electron chi connectivity index (χ4n) is 16.7. The Labute approximate surface area is 616 Å². The van der Waals surface area contributed by atoms with Crippen molar-refractivity contribution in [1.29, 1.82) is 10.5 Å². The number of benzene rings is 6. The summed E-state index contributed by atoms with van der Waals surface area (Å²) in [6.45, 7) is 15.1. The number of hydrogen-bond acceptors (Lipinski definition) is 17. The zero-order valence-corrected chi connectivity index (χ0v) is 63.2. The molecule has 8 saturated carbocycles. The van der Waals surface area contributed by atoms with E-state index < -0.39 is 51.4 Å². The molecule has 8 bridgehead atoms. The monoisotopic (exact) mass is 1480 g/mol. The van der Waals surface area contributed by atoms with Crippen molar-refractivity contribution in [2.24, 2.45) is 57.6 Å². The summed E-state index contributed by atoms with van der Waals surface area (Å²) in [5.74, 6) is 4.77. The number of hydrogen-bond donors (Lipinski definition) is 0. The predicted octanol–water partition coefficient (Wildman–Crippen LogP) is 16.9. The number of alkyl halides is 2. The van der Waals surface area contributed by atoms with Gasteiger partial charge in [0.25, 0.3) is 0 Å². The van der Waals surface area contributed by atoms with Crippen molar-refractivity contribution < 1.29 is 69.4 Å². The number of carbonyl (C=O) groups excluding carboxylic acids is 4. The lowest BCUT2D eigenvalue weighted by atomic mass is 9.50. The largest absolute Gasteiger partial charge is 0.743 e. The van der Waals surface area contributed by atoms with Gasteiger partial charge in [-0.3, -0.25) is 9.59 Å². The van der Waals surface area contributed by atoms with Gasteiger partial charge in [0.15, 0.2) is 70.4 Å². The van der Waals surface area contributed by atoms with Crippen LogP contribution in [0.25, 0.3) is 0 Å². The van der Waals surface area contributed by atoms with Gasteiger partial charge in [0.1, 0.15) is 22.7 Å². The van der Waals surface area contributed by atoms with Gasteiger partial charge in [-0.15, -0.1) is 0 Å².